The maximum atomic E-state index is 13.4. The zero-order valence-corrected chi connectivity index (χ0v) is 19.3. The van der Waals surface area contributed by atoms with Crippen molar-refractivity contribution in [3.05, 3.63) is 95.4 Å². The van der Waals surface area contributed by atoms with E-state index in [1.54, 1.807) is 16.4 Å². The van der Waals surface area contributed by atoms with Gasteiger partial charge in [0, 0.05) is 29.8 Å². The van der Waals surface area contributed by atoms with Crippen molar-refractivity contribution in [1.82, 2.24) is 14.1 Å². The number of benzene rings is 3. The van der Waals surface area contributed by atoms with Crippen LogP contribution in [-0.2, 0) is 15.4 Å². The smallest absolute Gasteiger partial charge is 0.211 e. The first-order valence-electron chi connectivity index (χ1n) is 11.0. The van der Waals surface area contributed by atoms with Gasteiger partial charge in [0.2, 0.25) is 10.0 Å². The molecular formula is C26H24FN3O2S. The van der Waals surface area contributed by atoms with Gasteiger partial charge in [-0.3, -0.25) is 0 Å². The summed E-state index contributed by atoms with van der Waals surface area (Å²) in [7, 11) is -3.26. The van der Waals surface area contributed by atoms with E-state index in [1.807, 2.05) is 29.1 Å². The van der Waals surface area contributed by atoms with Crippen LogP contribution in [-0.4, -0.2) is 41.8 Å². The van der Waals surface area contributed by atoms with Crippen molar-refractivity contribution in [1.29, 1.82) is 0 Å². The van der Waals surface area contributed by atoms with E-state index in [9.17, 15) is 12.8 Å². The van der Waals surface area contributed by atoms with Crippen LogP contribution in [0.1, 0.15) is 22.6 Å². The molecule has 2 aliphatic rings. The van der Waals surface area contributed by atoms with E-state index in [1.165, 1.54) is 29.5 Å². The Labute approximate surface area is 192 Å². The van der Waals surface area contributed by atoms with E-state index >= 15 is 0 Å². The van der Waals surface area contributed by atoms with E-state index in [0.29, 0.717) is 19.0 Å². The second kappa shape index (κ2) is 6.98. The number of aromatic nitrogens is 2. The molecule has 1 aromatic heterocycles. The summed E-state index contributed by atoms with van der Waals surface area (Å²) in [6, 6.07) is 21.0. The monoisotopic (exact) mass is 461 g/mol. The van der Waals surface area contributed by atoms with Gasteiger partial charge in [0.15, 0.2) is 0 Å². The molecule has 1 aliphatic carbocycles. The van der Waals surface area contributed by atoms with Crippen molar-refractivity contribution in [2.45, 2.75) is 18.3 Å². The lowest BCUT2D eigenvalue weighted by Crippen LogP contribution is -2.33. The van der Waals surface area contributed by atoms with Gasteiger partial charge >= 0.3 is 0 Å². The van der Waals surface area contributed by atoms with Gasteiger partial charge < -0.3 is 0 Å². The summed E-state index contributed by atoms with van der Waals surface area (Å²) in [6.07, 6.45) is 3.13. The topological polar surface area (TPSA) is 55.2 Å². The van der Waals surface area contributed by atoms with Crippen molar-refractivity contribution in [2.75, 3.05) is 19.3 Å². The average molecular weight is 462 g/mol. The first kappa shape index (κ1) is 20.6. The van der Waals surface area contributed by atoms with Gasteiger partial charge in [-0.15, -0.1) is 0 Å². The minimum Gasteiger partial charge on any atom is -0.233 e. The summed E-state index contributed by atoms with van der Waals surface area (Å²) >= 11 is 0. The maximum Gasteiger partial charge on any atom is 0.211 e. The molecule has 2 heterocycles. The summed E-state index contributed by atoms with van der Waals surface area (Å²) in [5.41, 5.74) is 5.08. The van der Waals surface area contributed by atoms with Crippen LogP contribution < -0.4 is 0 Å². The van der Waals surface area contributed by atoms with E-state index < -0.39 is 10.0 Å². The Morgan fingerprint density at radius 1 is 1.06 bits per heavy atom. The molecule has 33 heavy (non-hydrogen) atoms. The van der Waals surface area contributed by atoms with E-state index in [2.05, 4.69) is 36.3 Å². The van der Waals surface area contributed by atoms with E-state index in [0.717, 1.165) is 22.2 Å². The van der Waals surface area contributed by atoms with Crippen molar-refractivity contribution in [3.8, 4) is 5.69 Å². The first-order chi connectivity index (χ1) is 15.8. The zero-order chi connectivity index (χ0) is 23.0. The Balaban J connectivity index is 1.48. The highest BCUT2D eigenvalue weighted by molar-refractivity contribution is 7.88. The average Bonchev–Trinajstić information content (AvgIpc) is 3.07. The Hall–Kier alpha value is -3.03. The lowest BCUT2D eigenvalue weighted by Gasteiger charge is -2.24. The number of hydrogen-bond acceptors (Lipinski definition) is 3. The summed E-state index contributed by atoms with van der Waals surface area (Å²) in [6.45, 7) is 3.13. The molecule has 0 unspecified atom stereocenters. The van der Waals surface area contributed by atoms with Gasteiger partial charge in [0.1, 0.15) is 5.82 Å². The third-order valence-electron chi connectivity index (χ3n) is 7.46. The predicted octanol–water partition coefficient (Wildman–Crippen LogP) is 4.40. The summed E-state index contributed by atoms with van der Waals surface area (Å²) in [5, 5.41) is 5.55. The molecule has 1 aliphatic heterocycles. The van der Waals surface area contributed by atoms with Crippen molar-refractivity contribution in [3.63, 3.8) is 0 Å². The van der Waals surface area contributed by atoms with E-state index in [-0.39, 0.29) is 17.2 Å². The summed E-state index contributed by atoms with van der Waals surface area (Å²) in [4.78, 5) is 0. The first-order valence-corrected chi connectivity index (χ1v) is 12.9. The molecule has 1 saturated carbocycles. The Bertz CT molecular complexity index is 1480. The lowest BCUT2D eigenvalue weighted by molar-refractivity contribution is 0.425. The highest BCUT2D eigenvalue weighted by Gasteiger charge is 2.71. The molecule has 0 amide bonds. The van der Waals surface area contributed by atoms with Crippen LogP contribution in [0, 0.1) is 18.7 Å². The number of fused-ring (bicyclic) bond motifs is 2. The minimum atomic E-state index is -3.26. The third-order valence-corrected chi connectivity index (χ3v) is 8.68. The number of hydrogen-bond donors (Lipinski definition) is 0. The molecular weight excluding hydrogens is 437 g/mol. The molecule has 0 spiro atoms. The van der Waals surface area contributed by atoms with Gasteiger partial charge in [-0.25, -0.2) is 21.8 Å². The quantitative estimate of drug-likeness (QED) is 0.453. The van der Waals surface area contributed by atoms with Gasteiger partial charge in [-0.05, 0) is 65.9 Å². The largest absolute Gasteiger partial charge is 0.233 e. The molecule has 3 aromatic carbocycles. The summed E-state index contributed by atoms with van der Waals surface area (Å²) in [5.74, 6) is 0.258. The lowest BCUT2D eigenvalue weighted by atomic mass is 9.87. The van der Waals surface area contributed by atoms with Crippen molar-refractivity contribution >= 4 is 20.9 Å². The Kier molecular flexibility index (Phi) is 4.35. The number of piperidine rings is 1. The van der Waals surface area contributed by atoms with Gasteiger partial charge in [0.25, 0.3) is 0 Å². The molecule has 0 radical (unpaired) electrons. The number of rotatable bonds is 4. The third kappa shape index (κ3) is 3.06. The molecule has 4 aromatic rings. The van der Waals surface area contributed by atoms with Crippen LogP contribution in [0.4, 0.5) is 4.39 Å². The normalized spacial score (nSPS) is 24.8. The number of halogens is 1. The second-order valence-electron chi connectivity index (χ2n) is 9.35. The highest BCUT2D eigenvalue weighted by Crippen LogP contribution is 2.70. The minimum absolute atomic E-state index is 0.235. The van der Waals surface area contributed by atoms with Crippen LogP contribution in [0.5, 0.6) is 0 Å². The maximum absolute atomic E-state index is 13.4. The molecule has 1 saturated heterocycles. The van der Waals surface area contributed by atoms with Gasteiger partial charge in [-0.2, -0.15) is 5.10 Å². The SMILES string of the molecule is Cc1cc2c(cnn2-c2ccc(F)cc2)cc1[C@@]12CN(S(C)(=O)=O)C[C@@H]1[C@H]2c1ccccc1. The van der Waals surface area contributed by atoms with Crippen molar-refractivity contribution in [2.24, 2.45) is 5.92 Å². The highest BCUT2D eigenvalue weighted by atomic mass is 32.2. The second-order valence-corrected chi connectivity index (χ2v) is 11.3. The fraction of sp³-hybridized carbons (Fsp3) is 0.269. The molecule has 3 atom stereocenters. The number of aryl methyl sites for hydroxylation is 1. The van der Waals surface area contributed by atoms with Gasteiger partial charge in [0.05, 0.1) is 23.7 Å². The van der Waals surface area contributed by atoms with Crippen LogP contribution >= 0.6 is 0 Å². The van der Waals surface area contributed by atoms with Gasteiger partial charge in [-0.1, -0.05) is 30.3 Å². The van der Waals surface area contributed by atoms with Crippen LogP contribution in [0.2, 0.25) is 0 Å². The fourth-order valence-electron chi connectivity index (χ4n) is 5.94. The zero-order valence-electron chi connectivity index (χ0n) is 18.4. The van der Waals surface area contributed by atoms with E-state index in [4.69, 9.17) is 0 Å². The van der Waals surface area contributed by atoms with Crippen LogP contribution in [0.15, 0.2) is 72.9 Å². The molecule has 168 valence electrons. The molecule has 2 fully saturated rings. The standard InChI is InChI=1S/C26H24FN3O2S/c1-17-12-24-19(14-28-30(24)21-10-8-20(27)9-11-21)13-22(17)26-16-29(33(2,31)32)15-23(26)25(26)18-6-4-3-5-7-18/h3-14,23,25H,15-16H2,1-2H3/t23-,25-,26+/m1/s1. The molecule has 0 N–H and O–H groups in total. The van der Waals surface area contributed by atoms with Crippen molar-refractivity contribution < 1.29 is 12.8 Å². The fourth-order valence-corrected chi connectivity index (χ4v) is 6.82. The Morgan fingerprint density at radius 3 is 2.48 bits per heavy atom. The number of nitrogens with zero attached hydrogens (tertiary/aromatic N) is 3. The number of sulfonamides is 1. The summed E-state index contributed by atoms with van der Waals surface area (Å²) < 4.78 is 41.6. The molecule has 6 rings (SSSR count). The van der Waals surface area contributed by atoms with Crippen LogP contribution in [0.25, 0.3) is 16.6 Å². The Morgan fingerprint density at radius 2 is 1.79 bits per heavy atom. The molecule has 5 nitrogen and oxygen atoms in total. The molecule has 7 heteroatoms. The van der Waals surface area contributed by atoms with Crippen LogP contribution in [0.3, 0.4) is 0 Å². The predicted molar refractivity (Wildman–Crippen MR) is 127 cm³/mol. The molecule has 0 bridgehead atoms.